The molecule has 0 spiro atoms. The van der Waals surface area contributed by atoms with E-state index < -0.39 is 9.84 Å². The minimum Gasteiger partial charge on any atom is -0.484 e. The summed E-state index contributed by atoms with van der Waals surface area (Å²) < 4.78 is 29.8. The van der Waals surface area contributed by atoms with Crippen molar-refractivity contribution in [3.63, 3.8) is 0 Å². The largest absolute Gasteiger partial charge is 0.484 e. The van der Waals surface area contributed by atoms with Gasteiger partial charge in [0.15, 0.2) is 16.4 Å². The molecule has 2 rings (SSSR count). The summed E-state index contributed by atoms with van der Waals surface area (Å²) in [5, 5.41) is 0. The molecule has 1 aliphatic rings. The molecule has 1 fully saturated rings. The Morgan fingerprint density at radius 3 is 2.61 bits per heavy atom. The first-order valence-electron chi connectivity index (χ1n) is 7.79. The standard InChI is InChI=1S/C16H22BrNO4S/c1-2-3-9-18(14-8-10-23(20,21)12-14)16(19)11-22-15-6-4-13(17)5-7-15/h4-7,14H,2-3,8-12H2,1H3. The summed E-state index contributed by atoms with van der Waals surface area (Å²) >= 11 is 3.34. The van der Waals surface area contributed by atoms with E-state index in [4.69, 9.17) is 4.74 Å². The molecule has 1 aromatic rings. The quantitative estimate of drug-likeness (QED) is 0.701. The molecule has 0 aliphatic carbocycles. The Hall–Kier alpha value is -1.08. The highest BCUT2D eigenvalue weighted by Crippen LogP contribution is 2.20. The Kier molecular flexibility index (Phi) is 6.47. The number of sulfone groups is 1. The predicted octanol–water partition coefficient (Wildman–Crippen LogP) is 2.64. The number of benzene rings is 1. The zero-order chi connectivity index (χ0) is 16.9. The number of hydrogen-bond acceptors (Lipinski definition) is 4. The number of carbonyl (C=O) groups excluding carboxylic acids is 1. The normalized spacial score (nSPS) is 19.5. The van der Waals surface area contributed by atoms with Crippen molar-refractivity contribution in [1.82, 2.24) is 4.90 Å². The predicted molar refractivity (Wildman–Crippen MR) is 93.3 cm³/mol. The van der Waals surface area contributed by atoms with E-state index in [1.54, 1.807) is 17.0 Å². The smallest absolute Gasteiger partial charge is 0.260 e. The Balaban J connectivity index is 1.97. The van der Waals surface area contributed by atoms with Crippen LogP contribution in [0.15, 0.2) is 28.7 Å². The van der Waals surface area contributed by atoms with Gasteiger partial charge in [0.05, 0.1) is 11.5 Å². The molecule has 1 unspecified atom stereocenters. The van der Waals surface area contributed by atoms with Crippen molar-refractivity contribution < 1.29 is 17.9 Å². The number of amides is 1. The number of halogens is 1. The fourth-order valence-corrected chi connectivity index (χ4v) is 4.61. The summed E-state index contributed by atoms with van der Waals surface area (Å²) in [6, 6.07) is 7.05. The molecule has 0 aromatic heterocycles. The fraction of sp³-hybridized carbons (Fsp3) is 0.562. The number of carbonyl (C=O) groups is 1. The van der Waals surface area contributed by atoms with Gasteiger partial charge in [-0.05, 0) is 37.1 Å². The van der Waals surface area contributed by atoms with E-state index in [0.29, 0.717) is 18.7 Å². The highest BCUT2D eigenvalue weighted by Gasteiger charge is 2.34. The van der Waals surface area contributed by atoms with Crippen LogP contribution in [0, 0.1) is 0 Å². The maximum Gasteiger partial charge on any atom is 0.260 e. The maximum absolute atomic E-state index is 12.5. The van der Waals surface area contributed by atoms with Gasteiger partial charge in [-0.1, -0.05) is 29.3 Å². The second-order valence-electron chi connectivity index (χ2n) is 5.74. The van der Waals surface area contributed by atoms with Crippen LogP contribution < -0.4 is 4.74 Å². The molecule has 0 bridgehead atoms. The van der Waals surface area contributed by atoms with E-state index in [2.05, 4.69) is 15.9 Å². The molecule has 0 radical (unpaired) electrons. The van der Waals surface area contributed by atoms with Gasteiger partial charge in [-0.15, -0.1) is 0 Å². The third-order valence-electron chi connectivity index (χ3n) is 3.90. The number of nitrogens with zero attached hydrogens (tertiary/aromatic N) is 1. The van der Waals surface area contributed by atoms with Crippen LogP contribution in [-0.4, -0.2) is 49.9 Å². The van der Waals surface area contributed by atoms with Crippen LogP contribution in [0.3, 0.4) is 0 Å². The zero-order valence-electron chi connectivity index (χ0n) is 13.2. The van der Waals surface area contributed by atoms with Gasteiger partial charge >= 0.3 is 0 Å². The van der Waals surface area contributed by atoms with Gasteiger partial charge in [-0.2, -0.15) is 0 Å². The lowest BCUT2D eigenvalue weighted by molar-refractivity contribution is -0.135. The molecular weight excluding hydrogens is 382 g/mol. The molecule has 128 valence electrons. The van der Waals surface area contributed by atoms with Crippen LogP contribution >= 0.6 is 15.9 Å². The molecule has 0 saturated carbocycles. The van der Waals surface area contributed by atoms with Crippen molar-refractivity contribution in [3.05, 3.63) is 28.7 Å². The number of rotatable bonds is 7. The second kappa shape index (κ2) is 8.15. The van der Waals surface area contributed by atoms with E-state index in [9.17, 15) is 13.2 Å². The molecule has 5 nitrogen and oxygen atoms in total. The molecule has 1 aromatic carbocycles. The molecule has 0 N–H and O–H groups in total. The third kappa shape index (κ3) is 5.49. The lowest BCUT2D eigenvalue weighted by Gasteiger charge is -2.28. The van der Waals surface area contributed by atoms with Crippen molar-refractivity contribution in [2.45, 2.75) is 32.2 Å². The van der Waals surface area contributed by atoms with Gasteiger partial charge in [0.2, 0.25) is 0 Å². The van der Waals surface area contributed by atoms with Crippen LogP contribution in [0.5, 0.6) is 5.75 Å². The first-order valence-corrected chi connectivity index (χ1v) is 10.4. The summed E-state index contributed by atoms with van der Waals surface area (Å²) in [6.07, 6.45) is 2.34. The lowest BCUT2D eigenvalue weighted by Crippen LogP contribution is -2.44. The van der Waals surface area contributed by atoms with Gasteiger partial charge in [0.1, 0.15) is 5.75 Å². The summed E-state index contributed by atoms with van der Waals surface area (Å²) in [7, 11) is -3.01. The highest BCUT2D eigenvalue weighted by atomic mass is 79.9. The van der Waals surface area contributed by atoms with Crippen LogP contribution in [0.25, 0.3) is 0 Å². The minimum absolute atomic E-state index is 0.0676. The Bertz CT molecular complexity index is 630. The number of hydrogen-bond donors (Lipinski definition) is 0. The molecular formula is C16H22BrNO4S. The zero-order valence-corrected chi connectivity index (χ0v) is 15.6. The van der Waals surface area contributed by atoms with E-state index >= 15 is 0 Å². The van der Waals surface area contributed by atoms with Gasteiger partial charge in [-0.25, -0.2) is 8.42 Å². The van der Waals surface area contributed by atoms with Gasteiger partial charge in [-0.3, -0.25) is 4.79 Å². The molecule has 23 heavy (non-hydrogen) atoms. The van der Waals surface area contributed by atoms with Crippen molar-refractivity contribution in [3.8, 4) is 5.75 Å². The molecule has 1 aliphatic heterocycles. The van der Waals surface area contributed by atoms with E-state index in [1.165, 1.54) is 0 Å². The summed E-state index contributed by atoms with van der Waals surface area (Å²) in [6.45, 7) is 2.56. The SMILES string of the molecule is CCCCN(C(=O)COc1ccc(Br)cc1)C1CCS(=O)(=O)C1. The first kappa shape index (κ1) is 18.3. The second-order valence-corrected chi connectivity index (χ2v) is 8.88. The molecule has 7 heteroatoms. The van der Waals surface area contributed by atoms with Gasteiger partial charge in [0, 0.05) is 17.1 Å². The molecule has 1 heterocycles. The average Bonchev–Trinajstić information content (AvgIpc) is 2.87. The maximum atomic E-state index is 12.5. The van der Waals surface area contributed by atoms with E-state index in [0.717, 1.165) is 17.3 Å². The lowest BCUT2D eigenvalue weighted by atomic mass is 10.2. The van der Waals surface area contributed by atoms with Crippen molar-refractivity contribution in [2.24, 2.45) is 0 Å². The van der Waals surface area contributed by atoms with Crippen molar-refractivity contribution in [1.29, 1.82) is 0 Å². The Morgan fingerprint density at radius 2 is 2.04 bits per heavy atom. The highest BCUT2D eigenvalue weighted by molar-refractivity contribution is 9.10. The van der Waals surface area contributed by atoms with E-state index in [-0.39, 0.29) is 30.1 Å². The average molecular weight is 404 g/mol. The van der Waals surface area contributed by atoms with E-state index in [1.807, 2.05) is 19.1 Å². The third-order valence-corrected chi connectivity index (χ3v) is 6.18. The first-order chi connectivity index (χ1) is 10.9. The van der Waals surface area contributed by atoms with Gasteiger partial charge < -0.3 is 9.64 Å². The van der Waals surface area contributed by atoms with Crippen molar-refractivity contribution >= 4 is 31.7 Å². The topological polar surface area (TPSA) is 63.7 Å². The Labute approximate surface area is 146 Å². The molecule has 1 atom stereocenters. The number of unbranched alkanes of at least 4 members (excludes halogenated alkanes) is 1. The fourth-order valence-electron chi connectivity index (χ4n) is 2.62. The molecule has 1 amide bonds. The summed E-state index contributed by atoms with van der Waals surface area (Å²) in [5.74, 6) is 0.710. The minimum atomic E-state index is -3.01. The van der Waals surface area contributed by atoms with Crippen LogP contribution in [0.1, 0.15) is 26.2 Å². The number of ether oxygens (including phenoxy) is 1. The summed E-state index contributed by atoms with van der Waals surface area (Å²) in [5.41, 5.74) is 0. The van der Waals surface area contributed by atoms with Crippen LogP contribution in [-0.2, 0) is 14.6 Å². The van der Waals surface area contributed by atoms with Crippen LogP contribution in [0.4, 0.5) is 0 Å². The Morgan fingerprint density at radius 1 is 1.35 bits per heavy atom. The monoisotopic (exact) mass is 403 g/mol. The van der Waals surface area contributed by atoms with Crippen LogP contribution in [0.2, 0.25) is 0 Å². The summed E-state index contributed by atoms with van der Waals surface area (Å²) in [4.78, 5) is 14.2. The van der Waals surface area contributed by atoms with Crippen molar-refractivity contribution in [2.75, 3.05) is 24.7 Å². The molecule has 1 saturated heterocycles. The van der Waals surface area contributed by atoms with Gasteiger partial charge in [0.25, 0.3) is 5.91 Å².